The van der Waals surface area contributed by atoms with Crippen molar-refractivity contribution >= 4 is 40.9 Å². The van der Waals surface area contributed by atoms with E-state index in [9.17, 15) is 4.79 Å². The molecule has 0 aliphatic rings. The van der Waals surface area contributed by atoms with Crippen LogP contribution in [-0.2, 0) is 6.42 Å². The molecular weight excluding hydrogens is 382 g/mol. The van der Waals surface area contributed by atoms with Gasteiger partial charge in [-0.05, 0) is 24.8 Å². The van der Waals surface area contributed by atoms with Crippen LogP contribution in [0.3, 0.4) is 0 Å². The molecule has 0 fully saturated rings. The second kappa shape index (κ2) is 9.00. The van der Waals surface area contributed by atoms with E-state index in [4.69, 9.17) is 45.4 Å². The molecule has 10 N–H and O–H groups in total. The van der Waals surface area contributed by atoms with Gasteiger partial charge >= 0.3 is 0 Å². The Morgan fingerprint density at radius 3 is 2.25 bits per heavy atom. The molecule has 0 bridgehead atoms. The van der Waals surface area contributed by atoms with Crippen LogP contribution < -0.4 is 22.9 Å². The van der Waals surface area contributed by atoms with E-state index < -0.39 is 11.9 Å². The number of aryl methyl sites for hydroxylation is 1. The summed E-state index contributed by atoms with van der Waals surface area (Å²) in [5.41, 5.74) is 23.7. The lowest BCUT2D eigenvalue weighted by molar-refractivity contribution is 0.0838. The van der Waals surface area contributed by atoms with Gasteiger partial charge in [0.25, 0.3) is 5.91 Å². The molecule has 148 valence electrons. The number of nitrogen functional groups attached to an aromatic ring is 3. The number of rotatable bonds is 7. The van der Waals surface area contributed by atoms with Gasteiger partial charge in [0.05, 0.1) is 0 Å². The minimum atomic E-state index is -0.662. The fourth-order valence-electron chi connectivity index (χ4n) is 2.51. The highest BCUT2D eigenvalue weighted by atomic mass is 35.5. The highest BCUT2D eigenvalue weighted by Gasteiger charge is 2.23. The molecule has 2 rings (SSSR count). The first-order valence-corrected chi connectivity index (χ1v) is 8.76. The Morgan fingerprint density at radius 1 is 1.04 bits per heavy atom. The van der Waals surface area contributed by atoms with E-state index >= 15 is 0 Å². The molecule has 0 saturated carbocycles. The van der Waals surface area contributed by atoms with Crippen molar-refractivity contribution in [3.05, 3.63) is 46.2 Å². The number of carbonyl (C=O) groups is 1. The van der Waals surface area contributed by atoms with Crippen molar-refractivity contribution in [1.29, 1.82) is 10.8 Å². The Balaban J connectivity index is 1.98. The SMILES string of the molecule is N=C(N)c1ccc(CCCCN(C(=N)N)C(=O)c2nc(Cl)c(N)nc2N)cc1. The summed E-state index contributed by atoms with van der Waals surface area (Å²) in [7, 11) is 0. The fourth-order valence-corrected chi connectivity index (χ4v) is 2.63. The molecule has 1 heterocycles. The summed E-state index contributed by atoms with van der Waals surface area (Å²) in [5, 5.41) is 14.9. The molecule has 0 saturated heterocycles. The van der Waals surface area contributed by atoms with Crippen molar-refractivity contribution in [2.75, 3.05) is 18.0 Å². The third-order valence-corrected chi connectivity index (χ3v) is 4.28. The van der Waals surface area contributed by atoms with Gasteiger partial charge < -0.3 is 22.9 Å². The van der Waals surface area contributed by atoms with Gasteiger partial charge in [0.15, 0.2) is 28.4 Å². The van der Waals surface area contributed by atoms with Crippen LogP contribution in [-0.4, -0.2) is 39.1 Å². The quantitative estimate of drug-likeness (QED) is 0.224. The summed E-state index contributed by atoms with van der Waals surface area (Å²) < 4.78 is 0. The van der Waals surface area contributed by atoms with Gasteiger partial charge in [-0.2, -0.15) is 0 Å². The number of hydrogen-bond donors (Lipinski definition) is 6. The lowest BCUT2D eigenvalue weighted by Crippen LogP contribution is -2.42. The van der Waals surface area contributed by atoms with Gasteiger partial charge in [-0.25, -0.2) is 9.97 Å². The molecule has 1 aromatic heterocycles. The Labute approximate surface area is 166 Å². The number of hydrogen-bond acceptors (Lipinski definition) is 7. The van der Waals surface area contributed by atoms with Gasteiger partial charge in [-0.1, -0.05) is 35.9 Å². The lowest BCUT2D eigenvalue weighted by atomic mass is 10.1. The minimum absolute atomic E-state index is 0.0207. The average Bonchev–Trinajstić information content (AvgIpc) is 2.64. The highest BCUT2D eigenvalue weighted by Crippen LogP contribution is 2.19. The largest absolute Gasteiger partial charge is 0.384 e. The fraction of sp³-hybridized carbons (Fsp3) is 0.235. The zero-order chi connectivity index (χ0) is 20.8. The Kier molecular flexibility index (Phi) is 6.72. The number of amidine groups is 1. The van der Waals surface area contributed by atoms with E-state index in [-0.39, 0.29) is 34.9 Å². The van der Waals surface area contributed by atoms with Crippen molar-refractivity contribution in [2.45, 2.75) is 19.3 Å². The number of guanidine groups is 1. The van der Waals surface area contributed by atoms with Crippen molar-refractivity contribution in [3.63, 3.8) is 0 Å². The minimum Gasteiger partial charge on any atom is -0.384 e. The molecule has 11 heteroatoms. The Hall–Kier alpha value is -3.40. The predicted molar refractivity (Wildman–Crippen MR) is 109 cm³/mol. The van der Waals surface area contributed by atoms with E-state index in [2.05, 4.69) is 9.97 Å². The van der Waals surface area contributed by atoms with Gasteiger partial charge in [0.2, 0.25) is 0 Å². The summed E-state index contributed by atoms with van der Waals surface area (Å²) in [6.45, 7) is 0.211. The first kappa shape index (κ1) is 20.9. The maximum Gasteiger partial charge on any atom is 0.283 e. The van der Waals surface area contributed by atoms with E-state index in [1.165, 1.54) is 0 Å². The van der Waals surface area contributed by atoms with Crippen molar-refractivity contribution < 1.29 is 4.79 Å². The van der Waals surface area contributed by atoms with Gasteiger partial charge in [0, 0.05) is 12.1 Å². The molecular formula is C17H22ClN9O. The molecule has 0 aliphatic carbocycles. The van der Waals surface area contributed by atoms with E-state index in [0.717, 1.165) is 23.3 Å². The van der Waals surface area contributed by atoms with Crippen molar-refractivity contribution in [2.24, 2.45) is 11.5 Å². The number of anilines is 2. The molecule has 1 amide bonds. The second-order valence-electron chi connectivity index (χ2n) is 6.04. The highest BCUT2D eigenvalue weighted by molar-refractivity contribution is 6.31. The lowest BCUT2D eigenvalue weighted by Gasteiger charge is -2.20. The molecule has 10 nitrogen and oxygen atoms in total. The number of nitrogens with two attached hydrogens (primary N) is 4. The van der Waals surface area contributed by atoms with E-state index in [1.54, 1.807) is 12.1 Å². The Bertz CT molecular complexity index is 898. The summed E-state index contributed by atoms with van der Waals surface area (Å²) in [5.74, 6) is -1.33. The molecule has 0 aliphatic heterocycles. The van der Waals surface area contributed by atoms with Crippen LogP contribution in [0.15, 0.2) is 24.3 Å². The van der Waals surface area contributed by atoms with Crippen LogP contribution in [0, 0.1) is 10.8 Å². The normalized spacial score (nSPS) is 10.5. The number of unbranched alkanes of at least 4 members (excludes halogenated alkanes) is 1. The first-order chi connectivity index (χ1) is 13.2. The number of nitrogens with zero attached hydrogens (tertiary/aromatic N) is 3. The van der Waals surface area contributed by atoms with Gasteiger partial charge in [-0.3, -0.25) is 20.5 Å². The number of amides is 1. The predicted octanol–water partition coefficient (Wildman–Crippen LogP) is 0.937. The molecule has 0 spiro atoms. The summed E-state index contributed by atoms with van der Waals surface area (Å²) in [6.07, 6.45) is 2.10. The molecule has 28 heavy (non-hydrogen) atoms. The second-order valence-corrected chi connectivity index (χ2v) is 6.40. The number of halogens is 1. The van der Waals surface area contributed by atoms with Crippen LogP contribution in [0.5, 0.6) is 0 Å². The van der Waals surface area contributed by atoms with Crippen LogP contribution in [0.25, 0.3) is 0 Å². The first-order valence-electron chi connectivity index (χ1n) is 8.38. The van der Waals surface area contributed by atoms with Gasteiger partial charge in [0.1, 0.15) is 5.84 Å². The average molecular weight is 404 g/mol. The smallest absolute Gasteiger partial charge is 0.283 e. The van der Waals surface area contributed by atoms with Gasteiger partial charge in [-0.15, -0.1) is 0 Å². The summed E-state index contributed by atoms with van der Waals surface area (Å²) >= 11 is 5.81. The summed E-state index contributed by atoms with van der Waals surface area (Å²) in [6, 6.07) is 7.37. The standard InChI is InChI=1S/C17H22ClN9O/c18-12-15(22)26-14(21)11(25-12)16(28)27(17(23)24)8-2-1-3-9-4-6-10(7-5-9)13(19)20/h4-7H,1-3,8H2,(H3,19,20)(H3,23,24)(H4,21,22,26). The van der Waals surface area contributed by atoms with Crippen LogP contribution in [0.4, 0.5) is 11.6 Å². The molecule has 2 aromatic rings. The number of nitrogens with one attached hydrogen (secondary N) is 2. The van der Waals surface area contributed by atoms with Crippen LogP contribution in [0.1, 0.15) is 34.5 Å². The van der Waals surface area contributed by atoms with E-state index in [0.29, 0.717) is 12.0 Å². The topological polar surface area (TPSA) is 198 Å². The summed E-state index contributed by atoms with van der Waals surface area (Å²) in [4.78, 5) is 21.3. The zero-order valence-corrected chi connectivity index (χ0v) is 15.8. The Morgan fingerprint density at radius 2 is 1.68 bits per heavy atom. The van der Waals surface area contributed by atoms with Crippen LogP contribution in [0.2, 0.25) is 5.15 Å². The van der Waals surface area contributed by atoms with Crippen molar-refractivity contribution in [1.82, 2.24) is 14.9 Å². The molecule has 0 atom stereocenters. The maximum absolute atomic E-state index is 12.6. The third-order valence-electron chi connectivity index (χ3n) is 4.01. The third kappa shape index (κ3) is 5.07. The van der Waals surface area contributed by atoms with Crippen LogP contribution >= 0.6 is 11.6 Å². The van der Waals surface area contributed by atoms with Crippen molar-refractivity contribution in [3.8, 4) is 0 Å². The number of benzene rings is 1. The molecule has 1 aromatic carbocycles. The monoisotopic (exact) mass is 403 g/mol. The zero-order valence-electron chi connectivity index (χ0n) is 15.1. The van der Waals surface area contributed by atoms with E-state index in [1.807, 2.05) is 12.1 Å². The maximum atomic E-state index is 12.6. The number of carbonyl (C=O) groups excluding carboxylic acids is 1. The molecule has 0 radical (unpaired) electrons. The number of aromatic nitrogens is 2. The molecule has 0 unspecified atom stereocenters.